The van der Waals surface area contributed by atoms with Crippen LogP contribution in [-0.4, -0.2) is 34.6 Å². The van der Waals surface area contributed by atoms with E-state index in [1.54, 1.807) is 6.92 Å². The van der Waals surface area contributed by atoms with Crippen LogP contribution in [0.1, 0.15) is 107 Å². The molecule has 4 aliphatic rings. The van der Waals surface area contributed by atoms with Gasteiger partial charge in [-0.1, -0.05) is 46.8 Å². The van der Waals surface area contributed by atoms with Gasteiger partial charge < -0.3 is 14.9 Å². The van der Waals surface area contributed by atoms with E-state index >= 15 is 0 Å². The Morgan fingerprint density at radius 2 is 1.68 bits per heavy atom. The molecule has 4 nitrogen and oxygen atoms in total. The highest BCUT2D eigenvalue weighted by molar-refractivity contribution is 5.88. The fraction of sp³-hybridized carbons (Fsp3) is 0.794. The topological polar surface area (TPSA) is 66.8 Å². The second-order valence-electron chi connectivity index (χ2n) is 14.9. The number of aliphatic carboxylic acids is 1. The van der Waals surface area contributed by atoms with E-state index in [4.69, 9.17) is 4.74 Å². The Hall–Kier alpha value is -1.76. The van der Waals surface area contributed by atoms with Gasteiger partial charge in [0.05, 0.1) is 11.9 Å². The van der Waals surface area contributed by atoms with Crippen LogP contribution in [0.5, 0.6) is 0 Å². The third kappa shape index (κ3) is 5.10. The molecule has 0 bridgehead atoms. The monoisotopic (exact) mass is 580 g/mol. The first-order valence-electron chi connectivity index (χ1n) is 15.5. The van der Waals surface area contributed by atoms with Gasteiger partial charge in [0, 0.05) is 11.1 Å². The van der Waals surface area contributed by atoms with E-state index in [9.17, 15) is 28.2 Å². The first-order valence-corrected chi connectivity index (χ1v) is 15.5. The molecule has 0 heterocycles. The van der Waals surface area contributed by atoms with Gasteiger partial charge in [-0.3, -0.25) is 0 Å². The van der Waals surface area contributed by atoms with Gasteiger partial charge in [-0.05, 0) is 124 Å². The largest absolute Gasteiger partial charge is 0.491 e. The first-order chi connectivity index (χ1) is 18.8. The SMILES string of the molecule is C=C(C)OC1C[C@@]2(C)[C@@H](C[C@@H](O)[C@H]3[C@@]4(C)CC[C@@H](C)[C@H](C)[C@@H]4CC[C@@]32C)/C1=C(/CCC(=C(C)C)C(F)(F)F)C(=O)O. The number of carboxylic acids is 1. The molecule has 41 heavy (non-hydrogen) atoms. The smallest absolute Gasteiger partial charge is 0.412 e. The van der Waals surface area contributed by atoms with Crippen molar-refractivity contribution in [3.8, 4) is 0 Å². The highest BCUT2D eigenvalue weighted by Crippen LogP contribution is 2.74. The molecular weight excluding hydrogens is 529 g/mol. The van der Waals surface area contributed by atoms with Crippen LogP contribution < -0.4 is 0 Å². The normalized spacial score (nSPS) is 43.4. The summed E-state index contributed by atoms with van der Waals surface area (Å²) in [6.07, 6.45) is -1.20. The number of fused-ring (bicyclic) bond motifs is 5. The van der Waals surface area contributed by atoms with Crippen LogP contribution in [0, 0.1) is 45.8 Å². The fourth-order valence-corrected chi connectivity index (χ4v) is 10.5. The lowest BCUT2D eigenvalue weighted by atomic mass is 9.36. The summed E-state index contributed by atoms with van der Waals surface area (Å²) in [5.41, 5.74) is -0.654. The summed E-state index contributed by atoms with van der Waals surface area (Å²) in [6.45, 7) is 20.1. The summed E-state index contributed by atoms with van der Waals surface area (Å²) in [7, 11) is 0. The number of carbonyl (C=O) groups is 1. The molecule has 0 aromatic carbocycles. The van der Waals surface area contributed by atoms with Crippen LogP contribution in [0.4, 0.5) is 13.2 Å². The van der Waals surface area contributed by atoms with Crippen molar-refractivity contribution in [2.45, 2.75) is 125 Å². The molecule has 0 aliphatic heterocycles. The molecule has 4 rings (SSSR count). The molecule has 0 aromatic rings. The maximum atomic E-state index is 13.8. The zero-order chi connectivity index (χ0) is 30.9. The number of hydrogen-bond acceptors (Lipinski definition) is 3. The number of aliphatic hydroxyl groups is 1. The van der Waals surface area contributed by atoms with Crippen molar-refractivity contribution in [1.82, 2.24) is 0 Å². The lowest BCUT2D eigenvalue weighted by Gasteiger charge is -2.69. The standard InChI is InChI=1S/C34H51F3O4/c1-18(2)23(34(35,36)37)11-10-22(30(39)40)28-25-16-26(38)29-31(7)14-12-20(5)21(6)24(31)13-15-32(29,8)33(25,9)17-27(28)41-19(3)4/h20-21,24-27,29,38H,3,10-17H2,1-2,4-9H3,(H,39,40)/b28-22+/t20-,21+,24+,25+,26-,27?,29+,31+,32+,33+/m1/s1. The average Bonchev–Trinajstić information content (AvgIpc) is 3.09. The molecule has 1 unspecified atom stereocenters. The second-order valence-corrected chi connectivity index (χ2v) is 14.9. The average molecular weight is 581 g/mol. The third-order valence-electron chi connectivity index (χ3n) is 12.7. The summed E-state index contributed by atoms with van der Waals surface area (Å²) in [5, 5.41) is 22.4. The Bertz CT molecular complexity index is 1130. The van der Waals surface area contributed by atoms with Crippen molar-refractivity contribution in [1.29, 1.82) is 0 Å². The minimum Gasteiger partial charge on any atom is -0.491 e. The van der Waals surface area contributed by atoms with Gasteiger partial charge >= 0.3 is 12.1 Å². The van der Waals surface area contributed by atoms with Crippen molar-refractivity contribution in [3.63, 3.8) is 0 Å². The number of aliphatic hydroxyl groups excluding tert-OH is 1. The molecule has 0 amide bonds. The maximum absolute atomic E-state index is 13.8. The van der Waals surface area contributed by atoms with Crippen molar-refractivity contribution in [2.24, 2.45) is 45.8 Å². The van der Waals surface area contributed by atoms with Gasteiger partial charge in [0.15, 0.2) is 0 Å². The lowest BCUT2D eigenvalue weighted by Crippen LogP contribution is -2.65. The van der Waals surface area contributed by atoms with Crippen LogP contribution in [0.15, 0.2) is 34.6 Å². The molecule has 0 spiro atoms. The maximum Gasteiger partial charge on any atom is 0.412 e. The molecule has 10 atom stereocenters. The predicted molar refractivity (Wildman–Crippen MR) is 155 cm³/mol. The molecule has 0 radical (unpaired) electrons. The Labute approximate surface area is 244 Å². The minimum atomic E-state index is -4.52. The summed E-state index contributed by atoms with van der Waals surface area (Å²) in [4.78, 5) is 12.8. The molecule has 232 valence electrons. The summed E-state index contributed by atoms with van der Waals surface area (Å²) in [6, 6.07) is 0. The van der Waals surface area contributed by atoms with Gasteiger partial charge in [0.2, 0.25) is 0 Å². The molecule has 2 N–H and O–H groups in total. The number of hydrogen-bond donors (Lipinski definition) is 2. The van der Waals surface area contributed by atoms with Crippen LogP contribution in [0.3, 0.4) is 0 Å². The molecular formula is C34H51F3O4. The van der Waals surface area contributed by atoms with Crippen LogP contribution >= 0.6 is 0 Å². The number of rotatable bonds is 6. The zero-order valence-electron chi connectivity index (χ0n) is 26.3. The van der Waals surface area contributed by atoms with Crippen LogP contribution in [0.25, 0.3) is 0 Å². The van der Waals surface area contributed by atoms with Gasteiger partial charge in [-0.25, -0.2) is 4.79 Å². The quantitative estimate of drug-likeness (QED) is 0.187. The number of halogens is 3. The molecule has 7 heteroatoms. The van der Waals surface area contributed by atoms with E-state index in [-0.39, 0.29) is 45.6 Å². The third-order valence-corrected chi connectivity index (χ3v) is 12.7. The zero-order valence-corrected chi connectivity index (χ0v) is 26.3. The van der Waals surface area contributed by atoms with Gasteiger partial charge in [-0.15, -0.1) is 0 Å². The molecule has 4 saturated carbocycles. The van der Waals surface area contributed by atoms with Crippen LogP contribution in [0.2, 0.25) is 0 Å². The fourth-order valence-electron chi connectivity index (χ4n) is 10.5. The van der Waals surface area contributed by atoms with E-state index < -0.39 is 36.3 Å². The predicted octanol–water partition coefficient (Wildman–Crippen LogP) is 8.86. The van der Waals surface area contributed by atoms with E-state index in [1.165, 1.54) is 13.8 Å². The lowest BCUT2D eigenvalue weighted by molar-refractivity contribution is -0.229. The highest BCUT2D eigenvalue weighted by Gasteiger charge is 2.70. The van der Waals surface area contributed by atoms with E-state index in [2.05, 4.69) is 41.2 Å². The molecule has 0 saturated heterocycles. The molecule has 0 aromatic heterocycles. The van der Waals surface area contributed by atoms with E-state index in [0.29, 0.717) is 41.9 Å². The van der Waals surface area contributed by atoms with Crippen molar-refractivity contribution in [3.05, 3.63) is 34.6 Å². The Morgan fingerprint density at radius 1 is 1.05 bits per heavy atom. The van der Waals surface area contributed by atoms with Gasteiger partial charge in [-0.2, -0.15) is 13.2 Å². The van der Waals surface area contributed by atoms with Gasteiger partial charge in [0.1, 0.15) is 6.10 Å². The van der Waals surface area contributed by atoms with Crippen molar-refractivity contribution < 1.29 is 32.9 Å². The first kappa shape index (κ1) is 32.2. The van der Waals surface area contributed by atoms with Gasteiger partial charge in [0.25, 0.3) is 0 Å². The second kappa shape index (κ2) is 10.7. The molecule has 4 aliphatic carbocycles. The summed E-state index contributed by atoms with van der Waals surface area (Å²) in [5.74, 6) is 0.760. The number of carboxylic acid groups (broad SMARTS) is 1. The minimum absolute atomic E-state index is 0.00207. The number of allylic oxidation sites excluding steroid dienone is 3. The van der Waals surface area contributed by atoms with E-state index in [1.807, 2.05) is 0 Å². The Kier molecular flexibility index (Phi) is 8.43. The van der Waals surface area contributed by atoms with E-state index in [0.717, 1.165) is 25.7 Å². The van der Waals surface area contributed by atoms with Crippen LogP contribution in [-0.2, 0) is 9.53 Å². The highest BCUT2D eigenvalue weighted by atomic mass is 19.4. The number of alkyl halides is 3. The van der Waals surface area contributed by atoms with Crippen molar-refractivity contribution in [2.75, 3.05) is 0 Å². The number of ether oxygens (including phenoxy) is 1. The summed E-state index contributed by atoms with van der Waals surface area (Å²) < 4.78 is 47.6. The summed E-state index contributed by atoms with van der Waals surface area (Å²) >= 11 is 0. The Morgan fingerprint density at radius 3 is 2.22 bits per heavy atom. The van der Waals surface area contributed by atoms with Crippen molar-refractivity contribution >= 4 is 5.97 Å². The molecule has 4 fully saturated rings. The Balaban J connectivity index is 1.82.